The van der Waals surface area contributed by atoms with E-state index >= 15 is 0 Å². The third-order valence-electron chi connectivity index (χ3n) is 9.68. The first-order valence-electron chi connectivity index (χ1n) is 16.9. The van der Waals surface area contributed by atoms with Crippen LogP contribution in [0.15, 0.2) is 103 Å². The first-order valence-corrected chi connectivity index (χ1v) is 16.9. The van der Waals surface area contributed by atoms with E-state index in [2.05, 4.69) is 97.9 Å². The number of aliphatic hydroxyl groups excluding tert-OH is 1. The molecule has 45 heavy (non-hydrogen) atoms. The van der Waals surface area contributed by atoms with Crippen LogP contribution in [0.3, 0.4) is 0 Å². The molecule has 4 unspecified atom stereocenters. The first kappa shape index (κ1) is 31.6. The van der Waals surface area contributed by atoms with Crippen LogP contribution in [0, 0.1) is 11.8 Å². The summed E-state index contributed by atoms with van der Waals surface area (Å²) in [4.78, 5) is 0. The summed E-state index contributed by atoms with van der Waals surface area (Å²) in [5.41, 5.74) is 5.44. The third kappa shape index (κ3) is 8.26. The second-order valence-corrected chi connectivity index (χ2v) is 12.8. The quantitative estimate of drug-likeness (QED) is 0.211. The minimum Gasteiger partial charge on any atom is -0.494 e. The molecule has 6 rings (SSSR count). The third-order valence-corrected chi connectivity index (χ3v) is 9.68. The van der Waals surface area contributed by atoms with E-state index in [0.29, 0.717) is 43.3 Å². The fourth-order valence-corrected chi connectivity index (χ4v) is 7.33. The summed E-state index contributed by atoms with van der Waals surface area (Å²) in [5, 5.41) is 9.57. The topological polar surface area (TPSA) is 57.2 Å². The van der Waals surface area contributed by atoms with Gasteiger partial charge in [0.25, 0.3) is 0 Å². The largest absolute Gasteiger partial charge is 0.494 e. The Morgan fingerprint density at radius 2 is 1.73 bits per heavy atom. The minimum atomic E-state index is -0.160. The highest BCUT2D eigenvalue weighted by molar-refractivity contribution is 5.44. The molecule has 5 nitrogen and oxygen atoms in total. The molecule has 0 bridgehead atoms. The van der Waals surface area contributed by atoms with Gasteiger partial charge in [-0.15, -0.1) is 0 Å². The van der Waals surface area contributed by atoms with E-state index in [0.717, 1.165) is 56.6 Å². The number of allylic oxidation sites excluding steroid dienone is 3. The summed E-state index contributed by atoms with van der Waals surface area (Å²) in [6.07, 6.45) is 13.3. The van der Waals surface area contributed by atoms with E-state index in [-0.39, 0.29) is 19.0 Å². The fourth-order valence-electron chi connectivity index (χ4n) is 7.33. The molecule has 0 radical (unpaired) electrons. The number of aryl methyl sites for hydroxylation is 1. The van der Waals surface area contributed by atoms with Crippen molar-refractivity contribution in [3.8, 4) is 5.75 Å². The Morgan fingerprint density at radius 1 is 0.911 bits per heavy atom. The molecular formula is C40H48O5. The van der Waals surface area contributed by atoms with Crippen molar-refractivity contribution in [1.29, 1.82) is 0 Å². The van der Waals surface area contributed by atoms with Gasteiger partial charge in [-0.25, -0.2) is 0 Å². The second kappa shape index (κ2) is 15.8. The van der Waals surface area contributed by atoms with E-state index in [4.69, 9.17) is 18.9 Å². The van der Waals surface area contributed by atoms with E-state index in [9.17, 15) is 5.11 Å². The summed E-state index contributed by atoms with van der Waals surface area (Å²) >= 11 is 0. The van der Waals surface area contributed by atoms with Crippen LogP contribution in [0.25, 0.3) is 0 Å². The highest BCUT2D eigenvalue weighted by Gasteiger charge is 2.38. The normalized spacial score (nSPS) is 25.2. The lowest BCUT2D eigenvalue weighted by Gasteiger charge is -2.41. The summed E-state index contributed by atoms with van der Waals surface area (Å²) in [7, 11) is 0. The van der Waals surface area contributed by atoms with Crippen LogP contribution in [-0.4, -0.2) is 37.3 Å². The van der Waals surface area contributed by atoms with E-state index in [1.165, 1.54) is 22.3 Å². The molecule has 1 N–H and O–H groups in total. The molecule has 1 aliphatic heterocycles. The van der Waals surface area contributed by atoms with Crippen LogP contribution in [0.2, 0.25) is 0 Å². The molecular weight excluding hydrogens is 560 g/mol. The maximum absolute atomic E-state index is 9.57. The Labute approximate surface area is 268 Å². The molecule has 0 saturated carbocycles. The number of hydrogen-bond donors (Lipinski definition) is 1. The van der Waals surface area contributed by atoms with Gasteiger partial charge in [-0.1, -0.05) is 79.7 Å². The van der Waals surface area contributed by atoms with Gasteiger partial charge in [-0.3, -0.25) is 0 Å². The molecule has 3 aliphatic rings. The van der Waals surface area contributed by atoms with Crippen molar-refractivity contribution >= 4 is 0 Å². The standard InChI is InChI=1S/C40H48O5/c1-29-26-34(42-25-22-33(21-23-41)45-39-14-8-9-24-43-39)16-19-36(29)40-37(31-12-6-3-7-13-31)18-15-32-27-35(17-20-38(32)40)44-28-30-10-4-2-5-11-30/h2-7,10-13,16-17,19-20,26-27,29,33,36-37,39-41H,8-9,14-15,18,21-25,28H2,1H3/t29?,33?,36?,37-,39?,40+/m1/s1. The smallest absolute Gasteiger partial charge is 0.157 e. The number of benzene rings is 3. The molecule has 1 fully saturated rings. The van der Waals surface area contributed by atoms with Crippen molar-refractivity contribution < 1.29 is 24.1 Å². The van der Waals surface area contributed by atoms with Gasteiger partial charge in [0.15, 0.2) is 6.29 Å². The van der Waals surface area contributed by atoms with Crippen LogP contribution < -0.4 is 4.74 Å². The molecule has 1 heterocycles. The fraction of sp³-hybridized carbons (Fsp3) is 0.450. The van der Waals surface area contributed by atoms with Gasteiger partial charge in [-0.05, 0) is 109 Å². The molecule has 0 spiro atoms. The number of ether oxygens (including phenoxy) is 4. The van der Waals surface area contributed by atoms with E-state index < -0.39 is 0 Å². The van der Waals surface area contributed by atoms with Crippen LogP contribution in [-0.2, 0) is 27.2 Å². The predicted octanol–water partition coefficient (Wildman–Crippen LogP) is 8.49. The van der Waals surface area contributed by atoms with Crippen molar-refractivity contribution in [2.45, 2.75) is 82.7 Å². The van der Waals surface area contributed by atoms with Gasteiger partial charge in [0.05, 0.1) is 12.7 Å². The van der Waals surface area contributed by atoms with Crippen LogP contribution in [0.1, 0.15) is 79.5 Å². The van der Waals surface area contributed by atoms with Crippen molar-refractivity contribution in [3.63, 3.8) is 0 Å². The number of rotatable bonds is 13. The van der Waals surface area contributed by atoms with Crippen LogP contribution in [0.4, 0.5) is 0 Å². The van der Waals surface area contributed by atoms with Crippen molar-refractivity contribution in [2.24, 2.45) is 11.8 Å². The van der Waals surface area contributed by atoms with E-state index in [1.54, 1.807) is 0 Å². The highest BCUT2D eigenvalue weighted by atomic mass is 16.7. The van der Waals surface area contributed by atoms with Gasteiger partial charge >= 0.3 is 0 Å². The Bertz CT molecular complexity index is 1390. The molecule has 6 atom stereocenters. The van der Waals surface area contributed by atoms with Crippen molar-refractivity contribution in [2.75, 3.05) is 19.8 Å². The van der Waals surface area contributed by atoms with Crippen LogP contribution in [0.5, 0.6) is 5.75 Å². The molecule has 2 aliphatic carbocycles. The van der Waals surface area contributed by atoms with Gasteiger partial charge in [0, 0.05) is 19.6 Å². The second-order valence-electron chi connectivity index (χ2n) is 12.8. The summed E-state index contributed by atoms with van der Waals surface area (Å²) < 4.78 is 24.4. The summed E-state index contributed by atoms with van der Waals surface area (Å²) in [6, 6.07) is 28.2. The molecule has 3 aromatic carbocycles. The molecule has 0 aromatic heterocycles. The lowest BCUT2D eigenvalue weighted by molar-refractivity contribution is -0.193. The first-order chi connectivity index (χ1) is 22.2. The van der Waals surface area contributed by atoms with Gasteiger partial charge in [0.1, 0.15) is 18.1 Å². The lowest BCUT2D eigenvalue weighted by Crippen LogP contribution is -2.30. The average Bonchev–Trinajstić information content (AvgIpc) is 3.08. The summed E-state index contributed by atoms with van der Waals surface area (Å²) in [6.45, 7) is 4.31. The highest BCUT2D eigenvalue weighted by Crippen LogP contribution is 2.50. The zero-order valence-electron chi connectivity index (χ0n) is 26.6. The SMILES string of the molecule is CC1C=C(OCCC(CCO)OC2CCCCO2)C=CC1[C@@H]1c2ccc(OCc3ccccc3)cc2CC[C@@H]1c1ccccc1. The zero-order chi connectivity index (χ0) is 30.8. The van der Waals surface area contributed by atoms with Crippen molar-refractivity contribution in [3.05, 3.63) is 125 Å². The molecule has 5 heteroatoms. The van der Waals surface area contributed by atoms with Crippen molar-refractivity contribution in [1.82, 2.24) is 0 Å². The monoisotopic (exact) mass is 608 g/mol. The maximum Gasteiger partial charge on any atom is 0.157 e. The number of hydrogen-bond acceptors (Lipinski definition) is 5. The number of fused-ring (bicyclic) bond motifs is 1. The Hall–Kier alpha value is -3.38. The minimum absolute atomic E-state index is 0.0663. The average molecular weight is 609 g/mol. The summed E-state index contributed by atoms with van der Waals surface area (Å²) in [5.74, 6) is 3.35. The molecule has 1 saturated heterocycles. The predicted molar refractivity (Wildman–Crippen MR) is 178 cm³/mol. The zero-order valence-corrected chi connectivity index (χ0v) is 26.6. The lowest BCUT2D eigenvalue weighted by atomic mass is 9.63. The van der Waals surface area contributed by atoms with Crippen LogP contribution >= 0.6 is 0 Å². The van der Waals surface area contributed by atoms with Gasteiger partial charge < -0.3 is 24.1 Å². The Balaban J connectivity index is 1.14. The van der Waals surface area contributed by atoms with Gasteiger partial charge in [0.2, 0.25) is 0 Å². The molecule has 238 valence electrons. The molecule has 0 amide bonds. The molecule has 3 aromatic rings. The maximum atomic E-state index is 9.57. The van der Waals surface area contributed by atoms with Gasteiger partial charge in [-0.2, -0.15) is 0 Å². The Morgan fingerprint density at radius 3 is 2.49 bits per heavy atom. The Kier molecular flexibility index (Phi) is 11.1. The van der Waals surface area contributed by atoms with E-state index in [1.807, 2.05) is 6.07 Å². The number of aliphatic hydroxyl groups is 1.